The van der Waals surface area contributed by atoms with Crippen molar-refractivity contribution in [3.63, 3.8) is 0 Å². The first-order valence-corrected chi connectivity index (χ1v) is 6.78. The number of carboxylic acid groups (broad SMARTS) is 3. The van der Waals surface area contributed by atoms with E-state index in [4.69, 9.17) is 36.6 Å². The van der Waals surface area contributed by atoms with Crippen molar-refractivity contribution in [3.05, 3.63) is 0 Å². The van der Waals surface area contributed by atoms with E-state index in [1.165, 1.54) is 0 Å². The SMILES string of the molecule is N[C@@H](CCC(=O)O)C(=O)O.N[C@@H](COP(=O)(O)O)C(=O)O. The van der Waals surface area contributed by atoms with Gasteiger partial charge in [-0.15, -0.1) is 0 Å². The smallest absolute Gasteiger partial charge is 0.469 e. The fourth-order valence-electron chi connectivity index (χ4n) is 0.651. The van der Waals surface area contributed by atoms with Crippen LogP contribution in [-0.4, -0.2) is 61.7 Å². The minimum absolute atomic E-state index is 0.0231. The lowest BCUT2D eigenvalue weighted by atomic mass is 10.2. The molecule has 0 heterocycles. The van der Waals surface area contributed by atoms with Gasteiger partial charge in [-0.2, -0.15) is 0 Å². The Balaban J connectivity index is 0. The fourth-order valence-corrected chi connectivity index (χ4v) is 1.01. The summed E-state index contributed by atoms with van der Waals surface area (Å²) in [5.74, 6) is -3.57. The van der Waals surface area contributed by atoms with E-state index in [0.717, 1.165) is 0 Å². The van der Waals surface area contributed by atoms with Crippen LogP contribution in [0.15, 0.2) is 0 Å². The lowest BCUT2D eigenvalue weighted by molar-refractivity contribution is -0.141. The Bertz CT molecular complexity index is 408. The molecule has 0 spiro atoms. The molecule has 0 saturated heterocycles. The Morgan fingerprint density at radius 2 is 1.43 bits per heavy atom. The summed E-state index contributed by atoms with van der Waals surface area (Å²) in [7, 11) is -4.60. The van der Waals surface area contributed by atoms with Crippen molar-refractivity contribution in [3.8, 4) is 0 Å². The molecule has 0 aliphatic rings. The summed E-state index contributed by atoms with van der Waals surface area (Å²) in [5.41, 5.74) is 9.86. The van der Waals surface area contributed by atoms with Crippen LogP contribution in [0, 0.1) is 0 Å². The second-order valence-corrected chi connectivity index (χ2v) is 4.85. The molecule has 0 aromatic heterocycles. The summed E-state index contributed by atoms with van der Waals surface area (Å²) in [4.78, 5) is 46.0. The molecule has 0 aliphatic carbocycles. The third-order valence-corrected chi connectivity index (χ3v) is 2.21. The Kier molecular flexibility index (Phi) is 10.6. The quantitative estimate of drug-likeness (QED) is 0.234. The van der Waals surface area contributed by atoms with Crippen LogP contribution >= 0.6 is 7.82 Å². The van der Waals surface area contributed by atoms with E-state index in [1.54, 1.807) is 0 Å². The Morgan fingerprint density at radius 3 is 1.71 bits per heavy atom. The lowest BCUT2D eigenvalue weighted by Gasteiger charge is -2.07. The summed E-state index contributed by atoms with van der Waals surface area (Å²) in [5, 5.41) is 24.4. The van der Waals surface area contributed by atoms with E-state index in [1.807, 2.05) is 0 Å². The van der Waals surface area contributed by atoms with Crippen molar-refractivity contribution in [2.45, 2.75) is 24.9 Å². The first kappa shape index (κ1) is 21.7. The molecule has 0 saturated carbocycles. The van der Waals surface area contributed by atoms with Crippen LogP contribution in [0.3, 0.4) is 0 Å². The average Bonchev–Trinajstić information content (AvgIpc) is 2.32. The summed E-state index contributed by atoms with van der Waals surface area (Å²) in [6.45, 7) is -0.709. The number of rotatable bonds is 8. The van der Waals surface area contributed by atoms with Crippen molar-refractivity contribution in [1.29, 1.82) is 0 Å². The lowest BCUT2D eigenvalue weighted by Crippen LogP contribution is -2.34. The number of hydrogen-bond acceptors (Lipinski definition) is 7. The van der Waals surface area contributed by atoms with E-state index in [9.17, 15) is 18.9 Å². The first-order chi connectivity index (χ1) is 9.36. The summed E-state index contributed by atoms with van der Waals surface area (Å²) in [6, 6.07) is -2.47. The molecule has 13 heteroatoms. The normalized spacial score (nSPS) is 13.5. The largest absolute Gasteiger partial charge is 0.481 e. The number of carbonyl (C=O) groups is 3. The molecule has 0 radical (unpaired) electrons. The zero-order chi connectivity index (χ0) is 17.2. The van der Waals surface area contributed by atoms with Crippen LogP contribution in [0.25, 0.3) is 0 Å². The third-order valence-electron chi connectivity index (χ3n) is 1.73. The van der Waals surface area contributed by atoms with Crippen LogP contribution < -0.4 is 11.5 Å². The van der Waals surface area contributed by atoms with E-state index >= 15 is 0 Å². The second kappa shape index (κ2) is 10.2. The van der Waals surface area contributed by atoms with Gasteiger partial charge in [0.1, 0.15) is 12.1 Å². The second-order valence-electron chi connectivity index (χ2n) is 3.61. The minimum atomic E-state index is -4.60. The molecule has 0 unspecified atom stereocenters. The highest BCUT2D eigenvalue weighted by atomic mass is 31.2. The summed E-state index contributed by atoms with van der Waals surface area (Å²) < 4.78 is 13.8. The number of phosphoric ester groups is 1. The Hall–Kier alpha value is -1.56. The van der Waals surface area contributed by atoms with Crippen LogP contribution in [0.4, 0.5) is 0 Å². The third kappa shape index (κ3) is 16.4. The highest BCUT2D eigenvalue weighted by molar-refractivity contribution is 7.46. The van der Waals surface area contributed by atoms with Gasteiger partial charge in [-0.3, -0.25) is 18.9 Å². The number of aliphatic carboxylic acids is 3. The van der Waals surface area contributed by atoms with Crippen molar-refractivity contribution in [2.24, 2.45) is 11.5 Å². The van der Waals surface area contributed by atoms with Crippen LogP contribution in [0.5, 0.6) is 0 Å². The Labute approximate surface area is 118 Å². The average molecular weight is 332 g/mol. The van der Waals surface area contributed by atoms with Gasteiger partial charge in [0, 0.05) is 6.42 Å². The van der Waals surface area contributed by atoms with Crippen molar-refractivity contribution >= 4 is 25.7 Å². The molecule has 21 heavy (non-hydrogen) atoms. The van der Waals surface area contributed by atoms with Gasteiger partial charge in [-0.1, -0.05) is 0 Å². The maximum absolute atomic E-state index is 9.99. The van der Waals surface area contributed by atoms with E-state index in [2.05, 4.69) is 4.52 Å². The monoisotopic (exact) mass is 332 g/mol. The van der Waals surface area contributed by atoms with Crippen LogP contribution in [0.2, 0.25) is 0 Å². The molecule has 12 nitrogen and oxygen atoms in total. The number of carboxylic acids is 3. The van der Waals surface area contributed by atoms with Gasteiger partial charge in [0.05, 0.1) is 6.61 Å². The van der Waals surface area contributed by atoms with Crippen LogP contribution in [-0.2, 0) is 23.5 Å². The van der Waals surface area contributed by atoms with Crippen LogP contribution in [0.1, 0.15) is 12.8 Å². The predicted octanol–water partition coefficient (Wildman–Crippen LogP) is -2.23. The molecule has 9 N–H and O–H groups in total. The summed E-state index contributed by atoms with van der Waals surface area (Å²) in [6.07, 6.45) is -0.224. The number of phosphoric acid groups is 1. The molecule has 0 aliphatic heterocycles. The van der Waals surface area contributed by atoms with Gasteiger partial charge >= 0.3 is 25.7 Å². The first-order valence-electron chi connectivity index (χ1n) is 5.25. The van der Waals surface area contributed by atoms with Gasteiger partial charge in [-0.25, -0.2) is 4.57 Å². The molecule has 124 valence electrons. The van der Waals surface area contributed by atoms with Crippen molar-refractivity contribution in [2.75, 3.05) is 6.61 Å². The van der Waals surface area contributed by atoms with E-state index in [0.29, 0.717) is 0 Å². The fraction of sp³-hybridized carbons (Fsp3) is 0.625. The van der Waals surface area contributed by atoms with Gasteiger partial charge in [0.2, 0.25) is 0 Å². The number of nitrogens with two attached hydrogens (primary N) is 2. The molecule has 0 amide bonds. The topological polar surface area (TPSA) is 231 Å². The standard InChI is InChI=1S/C5H9NO4.C3H8NO6P/c6-3(5(9)10)1-2-4(7)8;4-2(3(5)6)1-10-11(7,8)9/h3H,1-2,6H2,(H,7,8)(H,9,10);2H,1,4H2,(H,5,6)(H2,7,8,9)/t3-;2-/m00/s1. The molecular weight excluding hydrogens is 315 g/mol. The molecule has 0 aromatic rings. The molecular formula is C8H17N2O10P. The van der Waals surface area contributed by atoms with Crippen molar-refractivity contribution in [1.82, 2.24) is 0 Å². The molecule has 2 atom stereocenters. The highest BCUT2D eigenvalue weighted by Gasteiger charge is 2.19. The van der Waals surface area contributed by atoms with E-state index < -0.39 is 44.4 Å². The van der Waals surface area contributed by atoms with Crippen molar-refractivity contribution < 1.29 is 48.6 Å². The maximum atomic E-state index is 9.99. The zero-order valence-corrected chi connectivity index (χ0v) is 11.5. The zero-order valence-electron chi connectivity index (χ0n) is 10.7. The minimum Gasteiger partial charge on any atom is -0.481 e. The molecule has 0 aromatic carbocycles. The van der Waals surface area contributed by atoms with Gasteiger partial charge in [0.25, 0.3) is 0 Å². The number of hydrogen-bond donors (Lipinski definition) is 7. The van der Waals surface area contributed by atoms with E-state index in [-0.39, 0.29) is 12.8 Å². The maximum Gasteiger partial charge on any atom is 0.469 e. The Morgan fingerprint density at radius 1 is 1.00 bits per heavy atom. The predicted molar refractivity (Wildman–Crippen MR) is 66.1 cm³/mol. The molecule has 0 fully saturated rings. The molecule has 0 bridgehead atoms. The van der Waals surface area contributed by atoms with Gasteiger partial charge in [0.15, 0.2) is 0 Å². The summed E-state index contributed by atoms with van der Waals surface area (Å²) >= 11 is 0. The van der Waals surface area contributed by atoms with Gasteiger partial charge < -0.3 is 36.6 Å². The highest BCUT2D eigenvalue weighted by Crippen LogP contribution is 2.35. The molecule has 0 rings (SSSR count). The van der Waals surface area contributed by atoms with Gasteiger partial charge in [-0.05, 0) is 6.42 Å².